The van der Waals surface area contributed by atoms with Gasteiger partial charge in [0.2, 0.25) is 0 Å². The molecule has 4 rings (SSSR count). The Morgan fingerprint density at radius 2 is 2.00 bits per heavy atom. The van der Waals surface area contributed by atoms with Gasteiger partial charge in [-0.25, -0.2) is 24.3 Å². The van der Waals surface area contributed by atoms with Crippen LogP contribution in [0.4, 0.5) is 5.82 Å². The van der Waals surface area contributed by atoms with Crippen LogP contribution >= 0.6 is 0 Å². The van der Waals surface area contributed by atoms with Crippen LogP contribution in [0.5, 0.6) is 0 Å². The molecular weight excluding hydrogens is 332 g/mol. The van der Waals surface area contributed by atoms with E-state index in [1.807, 2.05) is 13.0 Å². The molecule has 0 atom stereocenters. The monoisotopic (exact) mass is 352 g/mol. The molecule has 0 spiro atoms. The normalized spacial score (nSPS) is 20.0. The minimum atomic E-state index is -0.0864. The van der Waals surface area contributed by atoms with E-state index in [1.54, 1.807) is 28.0 Å². The smallest absolute Gasteiger partial charge is 0.267 e. The molecule has 0 bridgehead atoms. The predicted octanol–water partition coefficient (Wildman–Crippen LogP) is 1.52. The van der Waals surface area contributed by atoms with Gasteiger partial charge >= 0.3 is 0 Å². The lowest BCUT2D eigenvalue weighted by molar-refractivity contribution is 0.302. The highest BCUT2D eigenvalue weighted by Gasteiger charge is 2.24. The molecule has 3 aromatic rings. The molecule has 0 unspecified atom stereocenters. The number of nitrogens with one attached hydrogen (secondary N) is 1. The van der Waals surface area contributed by atoms with Crippen LogP contribution in [0.25, 0.3) is 5.82 Å². The zero-order chi connectivity index (χ0) is 17.9. The second kappa shape index (κ2) is 7.03. The Hall–Kier alpha value is -3.10. The molecule has 3 heterocycles. The predicted molar refractivity (Wildman–Crippen MR) is 95.1 cm³/mol. The van der Waals surface area contributed by atoms with Crippen molar-refractivity contribution in [3.8, 4) is 5.82 Å². The summed E-state index contributed by atoms with van der Waals surface area (Å²) in [7, 11) is 0. The van der Waals surface area contributed by atoms with Gasteiger partial charge in [0, 0.05) is 18.3 Å². The van der Waals surface area contributed by atoms with Crippen molar-refractivity contribution < 1.29 is 0 Å². The van der Waals surface area contributed by atoms with E-state index in [4.69, 9.17) is 0 Å². The number of aromatic nitrogens is 7. The average molecular weight is 352 g/mol. The maximum atomic E-state index is 12.3. The highest BCUT2D eigenvalue weighted by Crippen LogP contribution is 2.28. The largest absolute Gasteiger partial charge is 0.367 e. The lowest BCUT2D eigenvalue weighted by Crippen LogP contribution is -2.33. The van der Waals surface area contributed by atoms with Crippen molar-refractivity contribution in [1.29, 1.82) is 0 Å². The van der Waals surface area contributed by atoms with E-state index in [-0.39, 0.29) is 11.6 Å². The van der Waals surface area contributed by atoms with Gasteiger partial charge in [-0.15, -0.1) is 5.10 Å². The summed E-state index contributed by atoms with van der Waals surface area (Å²) in [5, 5.41) is 12.0. The Kier molecular flexibility index (Phi) is 4.42. The minimum Gasteiger partial charge on any atom is -0.367 e. The summed E-state index contributed by atoms with van der Waals surface area (Å²) in [5.41, 5.74) is -0.0864. The van der Waals surface area contributed by atoms with Gasteiger partial charge < -0.3 is 5.32 Å². The van der Waals surface area contributed by atoms with E-state index in [2.05, 4.69) is 30.5 Å². The third kappa shape index (κ3) is 3.46. The molecule has 3 aromatic heterocycles. The molecule has 9 heteroatoms. The van der Waals surface area contributed by atoms with Crippen LogP contribution in [0.1, 0.15) is 37.5 Å². The number of anilines is 1. The number of hydrogen-bond acceptors (Lipinski definition) is 7. The molecule has 9 nitrogen and oxygen atoms in total. The zero-order valence-corrected chi connectivity index (χ0v) is 14.5. The topological polar surface area (TPSA) is 103 Å². The van der Waals surface area contributed by atoms with Gasteiger partial charge in [-0.3, -0.25) is 4.79 Å². The van der Waals surface area contributed by atoms with Crippen molar-refractivity contribution in [2.45, 2.75) is 44.7 Å². The Morgan fingerprint density at radius 1 is 1.15 bits per heavy atom. The second-order valence-corrected chi connectivity index (χ2v) is 6.45. The number of aryl methyl sites for hydroxylation is 1. The second-order valence-electron chi connectivity index (χ2n) is 6.45. The van der Waals surface area contributed by atoms with Gasteiger partial charge in [0.05, 0.1) is 6.04 Å². The molecule has 0 aromatic carbocycles. The van der Waals surface area contributed by atoms with E-state index < -0.39 is 0 Å². The Balaban J connectivity index is 1.45. The van der Waals surface area contributed by atoms with Crippen molar-refractivity contribution in [1.82, 2.24) is 34.5 Å². The molecule has 134 valence electrons. The number of rotatable bonds is 4. The van der Waals surface area contributed by atoms with Crippen LogP contribution in [0.15, 0.2) is 41.8 Å². The highest BCUT2D eigenvalue weighted by molar-refractivity contribution is 5.34. The highest BCUT2D eigenvalue weighted by atomic mass is 16.1. The first kappa shape index (κ1) is 16.4. The van der Waals surface area contributed by atoms with Gasteiger partial charge in [-0.1, -0.05) is 0 Å². The van der Waals surface area contributed by atoms with Crippen LogP contribution in [0, 0.1) is 6.92 Å². The first-order chi connectivity index (χ1) is 12.7. The van der Waals surface area contributed by atoms with Crippen LogP contribution < -0.4 is 10.9 Å². The standard InChI is InChI=1S/C17H20N8O/c1-12-19-9-8-15(21-12)22-13-2-4-14(5-3-13)25-17(26)7-6-16(23-25)24-11-18-10-20-24/h6-11,13-14H,2-5H2,1H3,(H,19,21,22). The van der Waals surface area contributed by atoms with Crippen LogP contribution in [0.3, 0.4) is 0 Å². The van der Waals surface area contributed by atoms with Crippen molar-refractivity contribution >= 4 is 5.82 Å². The Bertz CT molecular complexity index is 928. The molecule has 1 aliphatic carbocycles. The quantitative estimate of drug-likeness (QED) is 0.759. The maximum Gasteiger partial charge on any atom is 0.267 e. The zero-order valence-electron chi connectivity index (χ0n) is 14.5. The van der Waals surface area contributed by atoms with Crippen LogP contribution in [-0.4, -0.2) is 40.6 Å². The summed E-state index contributed by atoms with van der Waals surface area (Å²) in [6, 6.07) is 5.52. The first-order valence-corrected chi connectivity index (χ1v) is 8.70. The lowest BCUT2D eigenvalue weighted by Gasteiger charge is -2.29. The Labute approximate surface area is 150 Å². The molecule has 1 aliphatic rings. The number of hydrogen-bond donors (Lipinski definition) is 1. The van der Waals surface area contributed by atoms with E-state index >= 15 is 0 Å². The minimum absolute atomic E-state index is 0.0864. The summed E-state index contributed by atoms with van der Waals surface area (Å²) in [4.78, 5) is 24.7. The van der Waals surface area contributed by atoms with Crippen molar-refractivity contribution in [2.24, 2.45) is 0 Å². The summed E-state index contributed by atoms with van der Waals surface area (Å²) in [6.45, 7) is 1.88. The fourth-order valence-corrected chi connectivity index (χ4v) is 3.34. The summed E-state index contributed by atoms with van der Waals surface area (Å²) in [6.07, 6.45) is 8.45. The molecule has 1 fully saturated rings. The molecular formula is C17H20N8O. The van der Waals surface area contributed by atoms with Crippen molar-refractivity contribution in [2.75, 3.05) is 5.32 Å². The summed E-state index contributed by atoms with van der Waals surface area (Å²) < 4.78 is 3.14. The van der Waals surface area contributed by atoms with Crippen LogP contribution in [-0.2, 0) is 0 Å². The maximum absolute atomic E-state index is 12.3. The molecule has 0 amide bonds. The van der Waals surface area contributed by atoms with E-state index in [9.17, 15) is 4.79 Å². The first-order valence-electron chi connectivity index (χ1n) is 8.70. The number of nitrogens with zero attached hydrogens (tertiary/aromatic N) is 7. The fourth-order valence-electron chi connectivity index (χ4n) is 3.34. The van der Waals surface area contributed by atoms with Gasteiger partial charge in [-0.2, -0.15) is 5.10 Å². The van der Waals surface area contributed by atoms with Gasteiger partial charge in [-0.05, 0) is 44.7 Å². The van der Waals surface area contributed by atoms with Crippen LogP contribution in [0.2, 0.25) is 0 Å². The molecule has 0 radical (unpaired) electrons. The van der Waals surface area contributed by atoms with Gasteiger partial charge in [0.1, 0.15) is 24.3 Å². The van der Waals surface area contributed by atoms with E-state index in [0.717, 1.165) is 37.3 Å². The molecule has 1 saturated carbocycles. The third-order valence-electron chi connectivity index (χ3n) is 4.64. The summed E-state index contributed by atoms with van der Waals surface area (Å²) in [5.74, 6) is 2.20. The molecule has 0 aliphatic heterocycles. The van der Waals surface area contributed by atoms with E-state index in [1.165, 1.54) is 12.4 Å². The van der Waals surface area contributed by atoms with Crippen molar-refractivity contribution in [3.63, 3.8) is 0 Å². The Morgan fingerprint density at radius 3 is 2.73 bits per heavy atom. The average Bonchev–Trinajstić information content (AvgIpc) is 3.18. The molecule has 26 heavy (non-hydrogen) atoms. The third-order valence-corrected chi connectivity index (χ3v) is 4.64. The van der Waals surface area contributed by atoms with Gasteiger partial charge in [0.25, 0.3) is 5.56 Å². The lowest BCUT2D eigenvalue weighted by atomic mass is 9.91. The molecule has 0 saturated heterocycles. The molecule has 1 N–H and O–H groups in total. The van der Waals surface area contributed by atoms with Crippen molar-refractivity contribution in [3.05, 3.63) is 53.2 Å². The van der Waals surface area contributed by atoms with Gasteiger partial charge in [0.15, 0.2) is 5.82 Å². The van der Waals surface area contributed by atoms with E-state index in [0.29, 0.717) is 11.9 Å². The fraction of sp³-hybridized carbons (Fsp3) is 0.412. The summed E-state index contributed by atoms with van der Waals surface area (Å²) >= 11 is 0. The SMILES string of the molecule is Cc1nccc(NC2CCC(n3nc(-n4cncn4)ccc3=O)CC2)n1.